The van der Waals surface area contributed by atoms with E-state index in [1.165, 1.54) is 36.8 Å². The van der Waals surface area contributed by atoms with E-state index in [-0.39, 0.29) is 0 Å². The fourth-order valence-corrected chi connectivity index (χ4v) is 5.09. The van der Waals surface area contributed by atoms with Gasteiger partial charge in [-0.25, -0.2) is 9.97 Å². The minimum atomic E-state index is 0.555. The first kappa shape index (κ1) is 18.4. The first-order valence-electron chi connectivity index (χ1n) is 10.5. The molecule has 4 heteroatoms. The summed E-state index contributed by atoms with van der Waals surface area (Å²) in [4.78, 5) is 9.01. The van der Waals surface area contributed by atoms with Gasteiger partial charge in [-0.2, -0.15) is 0 Å². The molecule has 0 saturated heterocycles. The first-order valence-corrected chi connectivity index (χ1v) is 10.5. The maximum atomic E-state index is 5.34. The SMILES string of the molecule is CCCc1ncc(CN[C@H]2[C@@H]3CCCC[C@@H]3[C@@H]2c2ccc(OC)cc2)cn1. The second kappa shape index (κ2) is 8.39. The summed E-state index contributed by atoms with van der Waals surface area (Å²) in [6.45, 7) is 3.02. The molecule has 144 valence electrons. The van der Waals surface area contributed by atoms with Gasteiger partial charge in [0, 0.05) is 42.9 Å². The molecule has 0 unspecified atom stereocenters. The van der Waals surface area contributed by atoms with Gasteiger partial charge in [0.15, 0.2) is 0 Å². The van der Waals surface area contributed by atoms with Crippen molar-refractivity contribution < 1.29 is 4.74 Å². The van der Waals surface area contributed by atoms with Gasteiger partial charge in [-0.1, -0.05) is 31.9 Å². The van der Waals surface area contributed by atoms with E-state index in [0.717, 1.165) is 42.8 Å². The highest BCUT2D eigenvalue weighted by Gasteiger charge is 2.50. The highest BCUT2D eigenvalue weighted by atomic mass is 16.5. The molecule has 0 radical (unpaired) electrons. The van der Waals surface area contributed by atoms with E-state index >= 15 is 0 Å². The van der Waals surface area contributed by atoms with E-state index in [9.17, 15) is 0 Å². The van der Waals surface area contributed by atoms with Crippen molar-refractivity contribution in [2.75, 3.05) is 7.11 Å². The van der Waals surface area contributed by atoms with Crippen molar-refractivity contribution in [3.63, 3.8) is 0 Å². The lowest BCUT2D eigenvalue weighted by atomic mass is 9.53. The van der Waals surface area contributed by atoms with Gasteiger partial charge in [-0.3, -0.25) is 0 Å². The Morgan fingerprint density at radius 1 is 1.04 bits per heavy atom. The van der Waals surface area contributed by atoms with Crippen LogP contribution < -0.4 is 10.1 Å². The average molecular weight is 366 g/mol. The van der Waals surface area contributed by atoms with Gasteiger partial charge in [-0.15, -0.1) is 0 Å². The van der Waals surface area contributed by atoms with E-state index in [4.69, 9.17) is 4.74 Å². The predicted molar refractivity (Wildman–Crippen MR) is 108 cm³/mol. The molecule has 1 heterocycles. The highest BCUT2D eigenvalue weighted by molar-refractivity contribution is 5.33. The third-order valence-electron chi connectivity index (χ3n) is 6.46. The van der Waals surface area contributed by atoms with Crippen molar-refractivity contribution in [2.24, 2.45) is 11.8 Å². The van der Waals surface area contributed by atoms with Gasteiger partial charge < -0.3 is 10.1 Å². The lowest BCUT2D eigenvalue weighted by Gasteiger charge is -2.55. The Balaban J connectivity index is 1.45. The van der Waals surface area contributed by atoms with E-state index < -0.39 is 0 Å². The second-order valence-corrected chi connectivity index (χ2v) is 8.08. The third-order valence-corrected chi connectivity index (χ3v) is 6.46. The number of fused-ring (bicyclic) bond motifs is 1. The van der Waals surface area contributed by atoms with Crippen molar-refractivity contribution in [3.05, 3.63) is 53.6 Å². The van der Waals surface area contributed by atoms with Crippen LogP contribution in [0.3, 0.4) is 0 Å². The summed E-state index contributed by atoms with van der Waals surface area (Å²) in [7, 11) is 1.73. The standard InChI is InChI=1S/C23H31N3O/c1-3-6-21-24-13-16(14-25-21)15-26-23-20-8-5-4-7-19(20)22(23)17-9-11-18(27-2)12-10-17/h9-14,19-20,22-23,26H,3-8,15H2,1-2H3/t19-,20+,22-,23-/m0/s1. The predicted octanol–water partition coefficient (Wildman–Crippen LogP) is 4.50. The van der Waals surface area contributed by atoms with Crippen molar-refractivity contribution in [1.29, 1.82) is 0 Å². The van der Waals surface area contributed by atoms with Crippen molar-refractivity contribution in [1.82, 2.24) is 15.3 Å². The maximum Gasteiger partial charge on any atom is 0.128 e. The molecule has 2 aliphatic carbocycles. The summed E-state index contributed by atoms with van der Waals surface area (Å²) in [5.74, 6) is 4.14. The van der Waals surface area contributed by atoms with Crippen LogP contribution in [0.25, 0.3) is 0 Å². The number of benzene rings is 1. The Kier molecular flexibility index (Phi) is 5.72. The minimum Gasteiger partial charge on any atom is -0.497 e. The molecule has 1 N–H and O–H groups in total. The lowest BCUT2D eigenvalue weighted by Crippen LogP contribution is -2.57. The van der Waals surface area contributed by atoms with Crippen LogP contribution in [0, 0.1) is 11.8 Å². The fourth-order valence-electron chi connectivity index (χ4n) is 5.09. The van der Waals surface area contributed by atoms with E-state index in [1.54, 1.807) is 7.11 Å². The van der Waals surface area contributed by atoms with Gasteiger partial charge in [0.2, 0.25) is 0 Å². The average Bonchev–Trinajstić information content (AvgIpc) is 2.71. The molecule has 0 bridgehead atoms. The van der Waals surface area contributed by atoms with Crippen LogP contribution in [0.15, 0.2) is 36.7 Å². The molecule has 4 rings (SSSR count). The summed E-state index contributed by atoms with van der Waals surface area (Å²) in [6.07, 6.45) is 11.5. The number of methoxy groups -OCH3 is 1. The van der Waals surface area contributed by atoms with Gasteiger partial charge >= 0.3 is 0 Å². The normalized spacial score (nSPS) is 26.9. The Hall–Kier alpha value is -1.94. The molecule has 2 saturated carbocycles. The molecule has 4 nitrogen and oxygen atoms in total. The topological polar surface area (TPSA) is 47.0 Å². The summed E-state index contributed by atoms with van der Waals surface area (Å²) in [5, 5.41) is 3.85. The van der Waals surface area contributed by atoms with Crippen LogP contribution in [-0.4, -0.2) is 23.1 Å². The number of nitrogens with zero attached hydrogens (tertiary/aromatic N) is 2. The first-order chi connectivity index (χ1) is 13.3. The number of nitrogens with one attached hydrogen (secondary N) is 1. The molecule has 0 aliphatic heterocycles. The number of hydrogen-bond donors (Lipinski definition) is 1. The van der Waals surface area contributed by atoms with E-state index in [1.807, 2.05) is 12.4 Å². The molecule has 0 spiro atoms. The molecule has 1 aromatic heterocycles. The van der Waals surface area contributed by atoms with Crippen LogP contribution in [0.4, 0.5) is 0 Å². The van der Waals surface area contributed by atoms with Crippen LogP contribution in [0.1, 0.15) is 61.9 Å². The van der Waals surface area contributed by atoms with Crippen LogP contribution in [0.5, 0.6) is 5.75 Å². The van der Waals surface area contributed by atoms with Gasteiger partial charge in [0.1, 0.15) is 11.6 Å². The zero-order valence-corrected chi connectivity index (χ0v) is 16.5. The summed E-state index contributed by atoms with van der Waals surface area (Å²) in [5.41, 5.74) is 2.63. The third kappa shape index (κ3) is 3.86. The maximum absolute atomic E-state index is 5.34. The number of rotatable bonds is 7. The number of aromatic nitrogens is 2. The Morgan fingerprint density at radius 3 is 2.41 bits per heavy atom. The molecule has 4 atom stereocenters. The zero-order valence-electron chi connectivity index (χ0n) is 16.5. The number of hydrogen-bond acceptors (Lipinski definition) is 4. The summed E-state index contributed by atoms with van der Waals surface area (Å²) in [6, 6.07) is 9.27. The summed E-state index contributed by atoms with van der Waals surface area (Å²) >= 11 is 0. The van der Waals surface area contributed by atoms with Crippen molar-refractivity contribution in [3.8, 4) is 5.75 Å². The molecular weight excluding hydrogens is 334 g/mol. The molecule has 2 fully saturated rings. The van der Waals surface area contributed by atoms with E-state index in [0.29, 0.717) is 12.0 Å². The molecule has 27 heavy (non-hydrogen) atoms. The molecular formula is C23H31N3O. The Morgan fingerprint density at radius 2 is 1.74 bits per heavy atom. The quantitative estimate of drug-likeness (QED) is 0.785. The monoisotopic (exact) mass is 365 g/mol. The number of aryl methyl sites for hydroxylation is 1. The molecule has 1 aromatic carbocycles. The summed E-state index contributed by atoms with van der Waals surface area (Å²) < 4.78 is 5.34. The van der Waals surface area contributed by atoms with Gasteiger partial charge in [0.05, 0.1) is 7.11 Å². The smallest absolute Gasteiger partial charge is 0.128 e. The van der Waals surface area contributed by atoms with Crippen LogP contribution >= 0.6 is 0 Å². The van der Waals surface area contributed by atoms with Crippen LogP contribution in [0.2, 0.25) is 0 Å². The molecule has 2 aromatic rings. The van der Waals surface area contributed by atoms with Crippen molar-refractivity contribution >= 4 is 0 Å². The lowest BCUT2D eigenvalue weighted by molar-refractivity contribution is 0.0253. The highest BCUT2D eigenvalue weighted by Crippen LogP contribution is 2.54. The largest absolute Gasteiger partial charge is 0.497 e. The Bertz CT molecular complexity index is 728. The Labute approximate surface area is 162 Å². The second-order valence-electron chi connectivity index (χ2n) is 8.08. The van der Waals surface area contributed by atoms with Gasteiger partial charge in [-0.05, 0) is 48.8 Å². The zero-order chi connectivity index (χ0) is 18.6. The molecule has 2 aliphatic rings. The van der Waals surface area contributed by atoms with Crippen molar-refractivity contribution in [2.45, 2.75) is 64.0 Å². The van der Waals surface area contributed by atoms with E-state index in [2.05, 4.69) is 46.5 Å². The minimum absolute atomic E-state index is 0.555. The fraction of sp³-hybridized carbons (Fsp3) is 0.565. The molecule has 0 amide bonds. The number of ether oxygens (including phenoxy) is 1. The van der Waals surface area contributed by atoms with Gasteiger partial charge in [0.25, 0.3) is 0 Å². The van der Waals surface area contributed by atoms with Crippen LogP contribution in [-0.2, 0) is 13.0 Å².